The van der Waals surface area contributed by atoms with Crippen LogP contribution in [0.5, 0.6) is 0 Å². The van der Waals surface area contributed by atoms with Gasteiger partial charge < -0.3 is 16.0 Å². The zero-order valence-electron chi connectivity index (χ0n) is 12.2. The van der Waals surface area contributed by atoms with Crippen molar-refractivity contribution in [2.24, 2.45) is 5.73 Å². The minimum Gasteiger partial charge on any atom is -0.348 e. The third-order valence-corrected chi connectivity index (χ3v) is 4.42. The third kappa shape index (κ3) is 6.08. The second-order valence-corrected chi connectivity index (χ2v) is 5.79. The Morgan fingerprint density at radius 2 is 2.14 bits per heavy atom. The zero-order valence-corrected chi connectivity index (χ0v) is 14.7. The number of carbonyl (C=O) groups excluding carboxylic acids is 1. The van der Waals surface area contributed by atoms with E-state index in [1.807, 2.05) is 5.38 Å². The summed E-state index contributed by atoms with van der Waals surface area (Å²) in [6.07, 6.45) is 2.80. The maximum atomic E-state index is 12.1. The Hall–Kier alpha value is -0.400. The van der Waals surface area contributed by atoms with Crippen LogP contribution >= 0.6 is 36.2 Å². The summed E-state index contributed by atoms with van der Waals surface area (Å²) in [4.78, 5) is 18.8. The minimum atomic E-state index is -0.0468. The number of halogens is 2. The fourth-order valence-electron chi connectivity index (χ4n) is 2.31. The van der Waals surface area contributed by atoms with E-state index in [1.54, 1.807) is 0 Å². The summed E-state index contributed by atoms with van der Waals surface area (Å²) < 4.78 is 0. The Kier molecular flexibility index (Phi) is 10.1. The van der Waals surface area contributed by atoms with E-state index >= 15 is 0 Å². The zero-order chi connectivity index (χ0) is 13.7. The summed E-state index contributed by atoms with van der Waals surface area (Å²) in [6, 6.07) is 0.287. The Balaban J connectivity index is 0.00000200. The highest BCUT2D eigenvalue weighted by molar-refractivity contribution is 7.09. The molecule has 1 fully saturated rings. The van der Waals surface area contributed by atoms with E-state index < -0.39 is 0 Å². The summed E-state index contributed by atoms with van der Waals surface area (Å²) in [7, 11) is 0. The van der Waals surface area contributed by atoms with Gasteiger partial charge in [-0.3, -0.25) is 4.79 Å². The van der Waals surface area contributed by atoms with Gasteiger partial charge in [0.15, 0.2) is 0 Å². The molecule has 1 saturated heterocycles. The van der Waals surface area contributed by atoms with E-state index in [0.717, 1.165) is 43.9 Å². The number of aromatic nitrogens is 1. The Labute approximate surface area is 142 Å². The van der Waals surface area contributed by atoms with Gasteiger partial charge in [-0.1, -0.05) is 6.92 Å². The molecule has 0 unspecified atom stereocenters. The average molecular weight is 355 g/mol. The van der Waals surface area contributed by atoms with E-state index in [9.17, 15) is 4.79 Å². The Morgan fingerprint density at radius 3 is 2.71 bits per heavy atom. The van der Waals surface area contributed by atoms with E-state index in [2.05, 4.69) is 22.1 Å². The van der Waals surface area contributed by atoms with Crippen LogP contribution in [0.2, 0.25) is 0 Å². The van der Waals surface area contributed by atoms with Crippen molar-refractivity contribution in [3.63, 3.8) is 0 Å². The summed E-state index contributed by atoms with van der Waals surface area (Å²) >= 11 is 1.51. The van der Waals surface area contributed by atoms with E-state index in [1.165, 1.54) is 11.3 Å². The topological polar surface area (TPSA) is 71.2 Å². The van der Waals surface area contributed by atoms with Crippen LogP contribution in [-0.2, 0) is 6.42 Å². The van der Waals surface area contributed by atoms with E-state index in [4.69, 9.17) is 5.73 Å². The number of hydrogen-bond acceptors (Lipinski definition) is 5. The number of likely N-dealkylation sites (tertiary alicyclic amines) is 1. The van der Waals surface area contributed by atoms with Crippen molar-refractivity contribution in [3.8, 4) is 0 Å². The number of carbonyl (C=O) groups is 1. The highest BCUT2D eigenvalue weighted by Crippen LogP contribution is 2.13. The van der Waals surface area contributed by atoms with Gasteiger partial charge in [-0.2, -0.15) is 0 Å². The first-order chi connectivity index (χ1) is 9.22. The molecule has 0 radical (unpaired) electrons. The molecule has 5 nitrogen and oxygen atoms in total. The summed E-state index contributed by atoms with van der Waals surface area (Å²) in [6.45, 7) is 5.97. The van der Waals surface area contributed by atoms with Gasteiger partial charge in [0, 0.05) is 30.9 Å². The number of rotatable bonds is 5. The van der Waals surface area contributed by atoms with Gasteiger partial charge in [0.25, 0.3) is 5.91 Å². The van der Waals surface area contributed by atoms with E-state index in [-0.39, 0.29) is 36.8 Å². The first-order valence-electron chi connectivity index (χ1n) is 6.90. The molecule has 122 valence electrons. The van der Waals surface area contributed by atoms with Crippen LogP contribution in [0, 0.1) is 0 Å². The molecule has 1 aliphatic rings. The molecule has 2 rings (SSSR count). The molecule has 0 atom stereocenters. The fourth-order valence-corrected chi connectivity index (χ4v) is 3.10. The van der Waals surface area contributed by atoms with Crippen LogP contribution in [0.4, 0.5) is 0 Å². The number of piperidine rings is 1. The van der Waals surface area contributed by atoms with E-state index in [0.29, 0.717) is 12.2 Å². The van der Waals surface area contributed by atoms with Gasteiger partial charge in [-0.25, -0.2) is 4.98 Å². The molecule has 21 heavy (non-hydrogen) atoms. The predicted octanol–water partition coefficient (Wildman–Crippen LogP) is 1.70. The minimum absolute atomic E-state index is 0. The van der Waals surface area contributed by atoms with Crippen LogP contribution in [0.1, 0.15) is 35.3 Å². The molecule has 0 spiro atoms. The molecule has 1 aromatic rings. The molecule has 1 amide bonds. The normalized spacial score (nSPS) is 15.9. The van der Waals surface area contributed by atoms with Crippen molar-refractivity contribution in [1.82, 2.24) is 15.2 Å². The molecule has 0 saturated carbocycles. The average Bonchev–Trinajstić information content (AvgIpc) is 2.89. The molecule has 3 N–H and O–H groups in total. The highest BCUT2D eigenvalue weighted by atomic mass is 35.5. The molecule has 1 aromatic heterocycles. The molecular weight excluding hydrogens is 331 g/mol. The third-order valence-electron chi connectivity index (χ3n) is 3.51. The van der Waals surface area contributed by atoms with Gasteiger partial charge in [0.2, 0.25) is 0 Å². The molecule has 0 bridgehead atoms. The molecule has 2 heterocycles. The Morgan fingerprint density at radius 1 is 1.48 bits per heavy atom. The first-order valence-corrected chi connectivity index (χ1v) is 7.78. The van der Waals surface area contributed by atoms with Crippen molar-refractivity contribution in [2.45, 2.75) is 32.2 Å². The quantitative estimate of drug-likeness (QED) is 0.844. The lowest BCUT2D eigenvalue weighted by atomic mass is 10.1. The molecule has 0 aromatic carbocycles. The smallest absolute Gasteiger partial charge is 0.270 e. The number of thiazole rings is 1. The number of nitrogens with zero attached hydrogens (tertiary/aromatic N) is 2. The van der Waals surface area contributed by atoms with Gasteiger partial charge in [0.1, 0.15) is 5.69 Å². The van der Waals surface area contributed by atoms with Gasteiger partial charge in [0.05, 0.1) is 5.01 Å². The second-order valence-electron chi connectivity index (χ2n) is 4.85. The van der Waals surface area contributed by atoms with Gasteiger partial charge in [-0.05, 0) is 25.9 Å². The molecule has 1 aliphatic heterocycles. The van der Waals surface area contributed by atoms with Crippen molar-refractivity contribution in [1.29, 1.82) is 0 Å². The maximum Gasteiger partial charge on any atom is 0.270 e. The Bertz CT molecular complexity index is 422. The first kappa shape index (κ1) is 20.6. The number of nitrogens with one attached hydrogen (secondary N) is 1. The van der Waals surface area contributed by atoms with Crippen LogP contribution in [0.25, 0.3) is 0 Å². The molecule has 0 aliphatic carbocycles. The van der Waals surface area contributed by atoms with Crippen LogP contribution in [0.15, 0.2) is 5.38 Å². The van der Waals surface area contributed by atoms with Crippen LogP contribution in [-0.4, -0.2) is 48.0 Å². The van der Waals surface area contributed by atoms with Crippen LogP contribution < -0.4 is 11.1 Å². The highest BCUT2D eigenvalue weighted by Gasteiger charge is 2.21. The number of amides is 1. The largest absolute Gasteiger partial charge is 0.348 e. The SMILES string of the molecule is CCN1CCC(NC(=O)c2csc(CCN)n2)CC1.Cl.Cl. The van der Waals surface area contributed by atoms with Crippen molar-refractivity contribution < 1.29 is 4.79 Å². The summed E-state index contributed by atoms with van der Waals surface area (Å²) in [5.41, 5.74) is 6.02. The lowest BCUT2D eigenvalue weighted by Gasteiger charge is -2.31. The van der Waals surface area contributed by atoms with Crippen LogP contribution in [0.3, 0.4) is 0 Å². The lowest BCUT2D eigenvalue weighted by Crippen LogP contribution is -2.44. The van der Waals surface area contributed by atoms with Crippen molar-refractivity contribution in [2.75, 3.05) is 26.2 Å². The second kappa shape index (κ2) is 10.3. The molecule has 8 heteroatoms. The van der Waals surface area contributed by atoms with Crippen molar-refractivity contribution >= 4 is 42.1 Å². The summed E-state index contributed by atoms with van der Waals surface area (Å²) in [5.74, 6) is -0.0468. The van der Waals surface area contributed by atoms with Gasteiger partial charge >= 0.3 is 0 Å². The maximum absolute atomic E-state index is 12.1. The number of nitrogens with two attached hydrogens (primary N) is 1. The number of hydrogen-bond donors (Lipinski definition) is 2. The molecular formula is C13H24Cl2N4OS. The van der Waals surface area contributed by atoms with Crippen molar-refractivity contribution in [3.05, 3.63) is 16.1 Å². The monoisotopic (exact) mass is 354 g/mol. The lowest BCUT2D eigenvalue weighted by molar-refractivity contribution is 0.0908. The standard InChI is InChI=1S/C13H22N4OS.2ClH/c1-2-17-7-4-10(5-8-17)15-13(18)11-9-19-12(16-11)3-6-14;;/h9-10H,2-8,14H2,1H3,(H,15,18);2*1H. The summed E-state index contributed by atoms with van der Waals surface area (Å²) in [5, 5.41) is 5.84. The fraction of sp³-hybridized carbons (Fsp3) is 0.692. The predicted molar refractivity (Wildman–Crippen MR) is 92.0 cm³/mol. The van der Waals surface area contributed by atoms with Gasteiger partial charge in [-0.15, -0.1) is 36.2 Å².